The second kappa shape index (κ2) is 9.44. The van der Waals surface area contributed by atoms with Gasteiger partial charge in [-0.25, -0.2) is 0 Å². The highest BCUT2D eigenvalue weighted by atomic mass is 35.5. The zero-order valence-corrected chi connectivity index (χ0v) is 17.5. The number of hydrogen-bond donors (Lipinski definition) is 3. The maximum atomic E-state index is 12.7. The Hall–Kier alpha value is -1.34. The normalized spacial score (nSPS) is 31.1. The monoisotopic (exact) mass is 428 g/mol. The number of carbonyl (C=O) groups excluding carboxylic acids is 2. The lowest BCUT2D eigenvalue weighted by molar-refractivity contribution is -0.122. The predicted octanol–water partition coefficient (Wildman–Crippen LogP) is 2.29. The van der Waals surface area contributed by atoms with Gasteiger partial charge in [-0.3, -0.25) is 14.5 Å². The summed E-state index contributed by atoms with van der Waals surface area (Å²) in [7, 11) is 0. The number of halogens is 2. The van der Waals surface area contributed by atoms with E-state index in [-0.39, 0.29) is 54.6 Å². The van der Waals surface area contributed by atoms with Crippen LogP contribution in [0.2, 0.25) is 0 Å². The minimum Gasteiger partial charge on any atom is -0.368 e. The Morgan fingerprint density at radius 2 is 1.89 bits per heavy atom. The number of nitrogens with one attached hydrogen (secondary N) is 1. The van der Waals surface area contributed by atoms with Crippen LogP contribution in [0.5, 0.6) is 0 Å². The molecule has 1 heterocycles. The highest BCUT2D eigenvalue weighted by Crippen LogP contribution is 2.47. The van der Waals surface area contributed by atoms with Crippen molar-refractivity contribution in [3.8, 4) is 0 Å². The van der Waals surface area contributed by atoms with Crippen LogP contribution in [-0.2, 0) is 16.1 Å². The number of rotatable bonds is 5. The molecule has 5 unspecified atom stereocenters. The number of amides is 2. The zero-order valence-electron chi connectivity index (χ0n) is 15.9. The van der Waals surface area contributed by atoms with Gasteiger partial charge < -0.3 is 16.8 Å². The molecule has 3 aliphatic rings. The zero-order chi connectivity index (χ0) is 18.3. The second-order valence-electron chi connectivity index (χ2n) is 8.16. The van der Waals surface area contributed by atoms with Crippen molar-refractivity contribution < 1.29 is 9.59 Å². The van der Waals surface area contributed by atoms with Crippen molar-refractivity contribution in [2.24, 2.45) is 29.2 Å². The number of nitrogens with two attached hydrogens (primary N) is 2. The quantitative estimate of drug-likeness (QED) is 0.669. The van der Waals surface area contributed by atoms with Crippen molar-refractivity contribution in [2.45, 2.75) is 50.7 Å². The van der Waals surface area contributed by atoms with E-state index in [1.54, 1.807) is 0 Å². The van der Waals surface area contributed by atoms with Gasteiger partial charge in [0.1, 0.15) is 0 Å². The molecule has 2 saturated carbocycles. The smallest absolute Gasteiger partial charge is 0.234 e. The largest absolute Gasteiger partial charge is 0.368 e. The highest BCUT2D eigenvalue weighted by molar-refractivity contribution is 5.93. The van der Waals surface area contributed by atoms with Crippen LogP contribution >= 0.6 is 24.8 Å². The minimum atomic E-state index is -0.253. The molecular formula is C20H30Cl2N4O2. The van der Waals surface area contributed by atoms with Gasteiger partial charge in [0.2, 0.25) is 11.8 Å². The van der Waals surface area contributed by atoms with Crippen LogP contribution in [0, 0.1) is 17.8 Å². The molecule has 0 spiro atoms. The van der Waals surface area contributed by atoms with Crippen LogP contribution in [0.15, 0.2) is 24.3 Å². The van der Waals surface area contributed by atoms with E-state index in [1.807, 2.05) is 24.3 Å². The maximum absolute atomic E-state index is 12.7. The number of carbonyl (C=O) groups is 2. The summed E-state index contributed by atoms with van der Waals surface area (Å²) < 4.78 is 0. The molecule has 1 aromatic carbocycles. The molecule has 2 aliphatic carbocycles. The van der Waals surface area contributed by atoms with Gasteiger partial charge in [0.15, 0.2) is 0 Å². The Bertz CT molecular complexity index is 715. The van der Waals surface area contributed by atoms with Crippen LogP contribution < -0.4 is 16.8 Å². The standard InChI is InChI=1S/C20H28N4O2.2ClH/c21-18-14-7-6-13(10-14)17(18)20(26)23-15-4-1-3-12(9-15)11-24-8-2-5-16(24)19(22)25;;/h1,3-4,9,13-14,16-18H,2,5-8,10-11,21H2,(H2,22,25)(H,23,26);2*1H. The van der Waals surface area contributed by atoms with Gasteiger partial charge in [-0.15, -0.1) is 24.8 Å². The van der Waals surface area contributed by atoms with Gasteiger partial charge in [0.05, 0.1) is 12.0 Å². The molecule has 5 atom stereocenters. The van der Waals surface area contributed by atoms with Crippen LogP contribution in [0.1, 0.15) is 37.7 Å². The van der Waals surface area contributed by atoms with E-state index in [9.17, 15) is 9.59 Å². The number of nitrogens with zero attached hydrogens (tertiary/aromatic N) is 1. The molecule has 156 valence electrons. The topological polar surface area (TPSA) is 101 Å². The molecular weight excluding hydrogens is 399 g/mol. The molecule has 2 bridgehead atoms. The lowest BCUT2D eigenvalue weighted by Crippen LogP contribution is -2.42. The van der Waals surface area contributed by atoms with Crippen molar-refractivity contribution in [2.75, 3.05) is 11.9 Å². The van der Waals surface area contributed by atoms with E-state index in [0.29, 0.717) is 18.4 Å². The molecule has 2 amide bonds. The van der Waals surface area contributed by atoms with Crippen molar-refractivity contribution >= 4 is 42.3 Å². The third-order valence-electron chi connectivity index (χ3n) is 6.56. The Kier molecular flexibility index (Phi) is 7.73. The first kappa shape index (κ1) is 22.9. The van der Waals surface area contributed by atoms with E-state index >= 15 is 0 Å². The summed E-state index contributed by atoms with van der Waals surface area (Å²) in [6, 6.07) is 7.69. The van der Waals surface area contributed by atoms with E-state index in [2.05, 4.69) is 10.2 Å². The number of benzene rings is 1. The molecule has 0 aromatic heterocycles. The molecule has 1 saturated heterocycles. The summed E-state index contributed by atoms with van der Waals surface area (Å²) in [5.41, 5.74) is 13.7. The average Bonchev–Trinajstić information content (AvgIpc) is 3.30. The van der Waals surface area contributed by atoms with Gasteiger partial charge in [-0.2, -0.15) is 0 Å². The van der Waals surface area contributed by atoms with Crippen LogP contribution in [-0.4, -0.2) is 35.3 Å². The predicted molar refractivity (Wildman–Crippen MR) is 114 cm³/mol. The Balaban J connectivity index is 0.00000140. The average molecular weight is 429 g/mol. The summed E-state index contributed by atoms with van der Waals surface area (Å²) in [5.74, 6) is 0.701. The molecule has 1 aromatic rings. The molecule has 5 N–H and O–H groups in total. The second-order valence-corrected chi connectivity index (χ2v) is 8.16. The Morgan fingerprint density at radius 3 is 2.57 bits per heavy atom. The number of anilines is 1. The summed E-state index contributed by atoms with van der Waals surface area (Å²) >= 11 is 0. The number of likely N-dealkylation sites (tertiary alicyclic amines) is 1. The summed E-state index contributed by atoms with van der Waals surface area (Å²) in [6.07, 6.45) is 5.21. The SMILES string of the molecule is Cl.Cl.NC(=O)C1CCCN1Cc1cccc(NC(=O)C2C3CCC(C3)C2N)c1. The molecule has 4 rings (SSSR count). The molecule has 1 aliphatic heterocycles. The Morgan fingerprint density at radius 1 is 1.14 bits per heavy atom. The van der Waals surface area contributed by atoms with E-state index in [4.69, 9.17) is 11.5 Å². The first-order valence-corrected chi connectivity index (χ1v) is 9.71. The summed E-state index contributed by atoms with van der Waals surface area (Å²) in [4.78, 5) is 26.4. The molecule has 3 fully saturated rings. The number of primary amides is 1. The van der Waals surface area contributed by atoms with Crippen LogP contribution in [0.3, 0.4) is 0 Å². The molecule has 8 heteroatoms. The van der Waals surface area contributed by atoms with Gasteiger partial charge in [-0.05, 0) is 68.2 Å². The van der Waals surface area contributed by atoms with Gasteiger partial charge in [0.25, 0.3) is 0 Å². The lowest BCUT2D eigenvalue weighted by Gasteiger charge is -2.27. The molecule has 28 heavy (non-hydrogen) atoms. The van der Waals surface area contributed by atoms with E-state index in [0.717, 1.165) is 43.5 Å². The first-order valence-electron chi connectivity index (χ1n) is 9.71. The third kappa shape index (κ3) is 4.46. The van der Waals surface area contributed by atoms with Gasteiger partial charge >= 0.3 is 0 Å². The summed E-state index contributed by atoms with van der Waals surface area (Å²) in [6.45, 7) is 1.55. The van der Waals surface area contributed by atoms with Crippen LogP contribution in [0.4, 0.5) is 5.69 Å². The van der Waals surface area contributed by atoms with E-state index in [1.165, 1.54) is 6.42 Å². The highest BCUT2D eigenvalue weighted by Gasteiger charge is 2.49. The molecule has 0 radical (unpaired) electrons. The first-order chi connectivity index (χ1) is 12.5. The fraction of sp³-hybridized carbons (Fsp3) is 0.600. The fourth-order valence-electron chi connectivity index (χ4n) is 5.27. The summed E-state index contributed by atoms with van der Waals surface area (Å²) in [5, 5.41) is 3.07. The van der Waals surface area contributed by atoms with Crippen molar-refractivity contribution in [3.63, 3.8) is 0 Å². The van der Waals surface area contributed by atoms with Gasteiger partial charge in [-0.1, -0.05) is 12.1 Å². The number of hydrogen-bond acceptors (Lipinski definition) is 4. The Labute approximate surface area is 178 Å². The minimum absolute atomic E-state index is 0. The number of fused-ring (bicyclic) bond motifs is 2. The van der Waals surface area contributed by atoms with Crippen molar-refractivity contribution in [3.05, 3.63) is 29.8 Å². The maximum Gasteiger partial charge on any atom is 0.234 e. The van der Waals surface area contributed by atoms with Crippen molar-refractivity contribution in [1.82, 2.24) is 4.90 Å². The molecule has 6 nitrogen and oxygen atoms in total. The van der Waals surface area contributed by atoms with E-state index < -0.39 is 0 Å². The fourth-order valence-corrected chi connectivity index (χ4v) is 5.27. The third-order valence-corrected chi connectivity index (χ3v) is 6.56. The lowest BCUT2D eigenvalue weighted by atomic mass is 9.84. The van der Waals surface area contributed by atoms with Crippen LogP contribution in [0.25, 0.3) is 0 Å². The van der Waals surface area contributed by atoms with Gasteiger partial charge in [0, 0.05) is 18.3 Å². The van der Waals surface area contributed by atoms with Crippen molar-refractivity contribution in [1.29, 1.82) is 0 Å².